The highest BCUT2D eigenvalue weighted by atomic mass is 16.5. The Bertz CT molecular complexity index is 795. The van der Waals surface area contributed by atoms with Crippen LogP contribution in [0.3, 0.4) is 0 Å². The molecule has 1 amide bonds. The Morgan fingerprint density at radius 2 is 1.39 bits per heavy atom. The fraction of sp³-hybridized carbons (Fsp3) is 0.0500. The van der Waals surface area contributed by atoms with Gasteiger partial charge in [-0.3, -0.25) is 4.79 Å². The fourth-order valence-electron chi connectivity index (χ4n) is 2.21. The van der Waals surface area contributed by atoms with E-state index >= 15 is 0 Å². The first-order chi connectivity index (χ1) is 11.2. The molecule has 0 saturated heterocycles. The van der Waals surface area contributed by atoms with Crippen LogP contribution in [-0.2, 0) is 0 Å². The number of amides is 1. The summed E-state index contributed by atoms with van der Waals surface area (Å²) < 4.78 is 5.72. The van der Waals surface area contributed by atoms with Crippen LogP contribution in [0.4, 0.5) is 5.69 Å². The van der Waals surface area contributed by atoms with Gasteiger partial charge in [0.25, 0.3) is 5.91 Å². The largest absolute Gasteiger partial charge is 0.457 e. The van der Waals surface area contributed by atoms with Crippen molar-refractivity contribution in [3.05, 3.63) is 90.0 Å². The maximum atomic E-state index is 12.3. The Morgan fingerprint density at radius 1 is 0.783 bits per heavy atom. The van der Waals surface area contributed by atoms with Crippen LogP contribution in [0.2, 0.25) is 0 Å². The molecule has 0 radical (unpaired) electrons. The zero-order valence-electron chi connectivity index (χ0n) is 12.8. The molecule has 114 valence electrons. The van der Waals surface area contributed by atoms with Crippen molar-refractivity contribution < 1.29 is 9.53 Å². The van der Waals surface area contributed by atoms with Gasteiger partial charge >= 0.3 is 0 Å². The number of benzene rings is 3. The molecule has 0 saturated carbocycles. The highest BCUT2D eigenvalue weighted by Crippen LogP contribution is 2.22. The number of carbonyl (C=O) groups is 1. The lowest BCUT2D eigenvalue weighted by Gasteiger charge is -2.09. The summed E-state index contributed by atoms with van der Waals surface area (Å²) >= 11 is 0. The second-order valence-electron chi connectivity index (χ2n) is 5.21. The molecule has 1 N–H and O–H groups in total. The van der Waals surface area contributed by atoms with E-state index in [2.05, 4.69) is 5.32 Å². The summed E-state index contributed by atoms with van der Waals surface area (Å²) in [5.74, 6) is 1.33. The van der Waals surface area contributed by atoms with Gasteiger partial charge in [0.15, 0.2) is 0 Å². The first-order valence-corrected chi connectivity index (χ1v) is 7.42. The van der Waals surface area contributed by atoms with Crippen LogP contribution >= 0.6 is 0 Å². The molecule has 0 fully saturated rings. The van der Waals surface area contributed by atoms with Crippen molar-refractivity contribution >= 4 is 11.6 Å². The molecule has 0 aliphatic heterocycles. The maximum Gasteiger partial charge on any atom is 0.255 e. The zero-order valence-corrected chi connectivity index (χ0v) is 12.8. The second-order valence-corrected chi connectivity index (χ2v) is 5.21. The van der Waals surface area contributed by atoms with E-state index in [0.29, 0.717) is 11.3 Å². The Kier molecular flexibility index (Phi) is 4.39. The Hall–Kier alpha value is -3.07. The van der Waals surface area contributed by atoms with Gasteiger partial charge in [-0.1, -0.05) is 36.4 Å². The topological polar surface area (TPSA) is 38.3 Å². The summed E-state index contributed by atoms with van der Waals surface area (Å²) in [5, 5.41) is 2.92. The molecule has 3 aromatic carbocycles. The number of ether oxygens (including phenoxy) is 1. The summed E-state index contributed by atoms with van der Waals surface area (Å²) in [7, 11) is 0. The standard InChI is InChI=1S/C20H17NO2/c1-15-7-5-6-10-19(15)21-20(22)16-11-13-18(14-12-16)23-17-8-3-2-4-9-17/h2-14H,1H3,(H,21,22). The molecule has 0 aliphatic carbocycles. The minimum atomic E-state index is -0.134. The van der Waals surface area contributed by atoms with Crippen LogP contribution < -0.4 is 10.1 Å². The maximum absolute atomic E-state index is 12.3. The third kappa shape index (κ3) is 3.77. The van der Waals surface area contributed by atoms with Gasteiger partial charge in [0.1, 0.15) is 11.5 Å². The number of anilines is 1. The lowest BCUT2D eigenvalue weighted by atomic mass is 10.1. The second kappa shape index (κ2) is 6.79. The van der Waals surface area contributed by atoms with Crippen molar-refractivity contribution in [2.24, 2.45) is 0 Å². The van der Waals surface area contributed by atoms with Crippen molar-refractivity contribution in [1.29, 1.82) is 0 Å². The van der Waals surface area contributed by atoms with Crippen molar-refractivity contribution in [3.63, 3.8) is 0 Å². The van der Waals surface area contributed by atoms with Gasteiger partial charge in [-0.25, -0.2) is 0 Å². The molecule has 0 spiro atoms. The minimum Gasteiger partial charge on any atom is -0.457 e. The van der Waals surface area contributed by atoms with Crippen molar-refractivity contribution in [1.82, 2.24) is 0 Å². The number of rotatable bonds is 4. The number of nitrogens with one attached hydrogen (secondary N) is 1. The van der Waals surface area contributed by atoms with Crippen LogP contribution in [0.5, 0.6) is 11.5 Å². The van der Waals surface area contributed by atoms with Gasteiger partial charge in [0.2, 0.25) is 0 Å². The molecule has 3 aromatic rings. The van der Waals surface area contributed by atoms with Gasteiger partial charge in [0.05, 0.1) is 0 Å². The van der Waals surface area contributed by atoms with Crippen LogP contribution in [0.25, 0.3) is 0 Å². The lowest BCUT2D eigenvalue weighted by Crippen LogP contribution is -2.12. The van der Waals surface area contributed by atoms with Crippen molar-refractivity contribution in [2.75, 3.05) is 5.32 Å². The summed E-state index contributed by atoms with van der Waals surface area (Å²) in [4.78, 5) is 12.3. The number of para-hydroxylation sites is 2. The van der Waals surface area contributed by atoms with E-state index in [-0.39, 0.29) is 5.91 Å². The van der Waals surface area contributed by atoms with Crippen molar-refractivity contribution in [2.45, 2.75) is 6.92 Å². The van der Waals surface area contributed by atoms with Gasteiger partial charge in [-0.2, -0.15) is 0 Å². The van der Waals surface area contributed by atoms with Gasteiger partial charge < -0.3 is 10.1 Å². The molecule has 0 unspecified atom stereocenters. The Labute approximate surface area is 135 Å². The van der Waals surface area contributed by atoms with Crippen LogP contribution in [-0.4, -0.2) is 5.91 Å². The fourth-order valence-corrected chi connectivity index (χ4v) is 2.21. The van der Waals surface area contributed by atoms with Crippen LogP contribution in [0.15, 0.2) is 78.9 Å². The highest BCUT2D eigenvalue weighted by molar-refractivity contribution is 6.04. The highest BCUT2D eigenvalue weighted by Gasteiger charge is 2.07. The molecule has 23 heavy (non-hydrogen) atoms. The SMILES string of the molecule is Cc1ccccc1NC(=O)c1ccc(Oc2ccccc2)cc1. The third-order valence-electron chi connectivity index (χ3n) is 3.49. The molecule has 0 aliphatic rings. The predicted molar refractivity (Wildman–Crippen MR) is 92.1 cm³/mol. The molecule has 3 rings (SSSR count). The van der Waals surface area contributed by atoms with E-state index in [1.165, 1.54) is 0 Å². The Balaban J connectivity index is 1.69. The quantitative estimate of drug-likeness (QED) is 0.733. The average molecular weight is 303 g/mol. The van der Waals surface area contributed by atoms with E-state index in [1.807, 2.05) is 61.5 Å². The first kappa shape index (κ1) is 14.9. The monoisotopic (exact) mass is 303 g/mol. The van der Waals surface area contributed by atoms with E-state index in [9.17, 15) is 4.79 Å². The zero-order chi connectivity index (χ0) is 16.1. The van der Waals surface area contributed by atoms with Crippen LogP contribution in [0.1, 0.15) is 15.9 Å². The first-order valence-electron chi connectivity index (χ1n) is 7.42. The molecule has 3 nitrogen and oxygen atoms in total. The third-order valence-corrected chi connectivity index (χ3v) is 3.49. The summed E-state index contributed by atoms with van der Waals surface area (Å²) in [6, 6.07) is 24.3. The normalized spacial score (nSPS) is 10.1. The minimum absolute atomic E-state index is 0.134. The summed E-state index contributed by atoms with van der Waals surface area (Å²) in [6.45, 7) is 1.96. The number of carbonyl (C=O) groups excluding carboxylic acids is 1. The van der Waals surface area contributed by atoms with Gasteiger partial charge in [0, 0.05) is 11.3 Å². The molecule has 3 heteroatoms. The molecule has 0 atom stereocenters. The smallest absolute Gasteiger partial charge is 0.255 e. The van der Waals surface area contributed by atoms with E-state index in [1.54, 1.807) is 24.3 Å². The van der Waals surface area contributed by atoms with E-state index in [4.69, 9.17) is 4.74 Å². The molecule has 0 aromatic heterocycles. The van der Waals surface area contributed by atoms with Gasteiger partial charge in [-0.15, -0.1) is 0 Å². The van der Waals surface area contributed by atoms with Crippen LogP contribution in [0, 0.1) is 6.92 Å². The summed E-state index contributed by atoms with van der Waals surface area (Å²) in [6.07, 6.45) is 0. The van der Waals surface area contributed by atoms with E-state index in [0.717, 1.165) is 17.0 Å². The molecule has 0 heterocycles. The molecular weight excluding hydrogens is 286 g/mol. The average Bonchev–Trinajstić information content (AvgIpc) is 2.58. The molecular formula is C20H17NO2. The number of hydrogen-bond donors (Lipinski definition) is 1. The summed E-state index contributed by atoms with van der Waals surface area (Å²) in [5.41, 5.74) is 2.45. The lowest BCUT2D eigenvalue weighted by molar-refractivity contribution is 0.102. The van der Waals surface area contributed by atoms with Gasteiger partial charge in [-0.05, 0) is 55.0 Å². The molecule has 0 bridgehead atoms. The Morgan fingerprint density at radius 3 is 2.09 bits per heavy atom. The van der Waals surface area contributed by atoms with Crippen molar-refractivity contribution in [3.8, 4) is 11.5 Å². The van der Waals surface area contributed by atoms with E-state index < -0.39 is 0 Å². The number of aryl methyl sites for hydroxylation is 1. The predicted octanol–water partition coefficient (Wildman–Crippen LogP) is 5.04. The number of hydrogen-bond acceptors (Lipinski definition) is 2.